The Morgan fingerprint density at radius 1 is 0.854 bits per heavy atom. The number of hydrogen-bond donors (Lipinski definition) is 0. The maximum absolute atomic E-state index is 12.7. The molecule has 4 rings (SSSR count). The molecular weight excluding hydrogens is 500 g/mol. The predicted molar refractivity (Wildman–Crippen MR) is 175 cm³/mol. The van der Waals surface area contributed by atoms with Crippen molar-refractivity contribution < 1.29 is 9.53 Å². The Hall–Kier alpha value is -0.790. The van der Waals surface area contributed by atoms with E-state index in [1.165, 1.54) is 109 Å². The van der Waals surface area contributed by atoms with Crippen molar-refractivity contribution in [3.63, 3.8) is 0 Å². The highest BCUT2D eigenvalue weighted by atomic mass is 16.5. The van der Waals surface area contributed by atoms with Crippen LogP contribution in [0.25, 0.3) is 0 Å². The lowest BCUT2D eigenvalue weighted by Crippen LogP contribution is -2.51. The van der Waals surface area contributed by atoms with E-state index >= 15 is 0 Å². The quantitative estimate of drug-likeness (QED) is 0.105. The molecule has 4 aliphatic rings. The van der Waals surface area contributed by atoms with Gasteiger partial charge in [0.2, 0.25) is 0 Å². The molecule has 0 spiro atoms. The molecule has 2 heteroatoms. The van der Waals surface area contributed by atoms with Crippen LogP contribution in [-0.2, 0) is 9.53 Å². The van der Waals surface area contributed by atoms with E-state index in [-0.39, 0.29) is 12.1 Å². The van der Waals surface area contributed by atoms with Gasteiger partial charge in [-0.15, -0.1) is 0 Å². The molecule has 0 bridgehead atoms. The van der Waals surface area contributed by atoms with Crippen molar-refractivity contribution >= 4 is 5.97 Å². The Morgan fingerprint density at radius 2 is 1.56 bits per heavy atom. The fourth-order valence-corrected chi connectivity index (χ4v) is 10.6. The summed E-state index contributed by atoms with van der Waals surface area (Å²) in [7, 11) is 0. The highest BCUT2D eigenvalue weighted by Crippen LogP contribution is 2.67. The lowest BCUT2D eigenvalue weighted by atomic mass is 9.47. The van der Waals surface area contributed by atoms with Crippen molar-refractivity contribution in [2.24, 2.45) is 46.3 Å². The lowest BCUT2D eigenvalue weighted by molar-refractivity contribution is -0.151. The number of rotatable bonds is 16. The number of carbonyl (C=O) groups is 1. The van der Waals surface area contributed by atoms with Crippen LogP contribution in [0.5, 0.6) is 0 Å². The van der Waals surface area contributed by atoms with Crippen molar-refractivity contribution in [1.82, 2.24) is 0 Å². The Balaban J connectivity index is 1.24. The molecule has 3 fully saturated rings. The topological polar surface area (TPSA) is 26.3 Å². The van der Waals surface area contributed by atoms with E-state index in [1.54, 1.807) is 5.57 Å². The van der Waals surface area contributed by atoms with E-state index < -0.39 is 0 Å². The zero-order valence-electron chi connectivity index (χ0n) is 28.3. The normalized spacial score (nSPS) is 35.4. The minimum absolute atomic E-state index is 0.0591. The number of fused-ring (bicyclic) bond motifs is 5. The van der Waals surface area contributed by atoms with Gasteiger partial charge in [-0.25, -0.2) is 0 Å². The molecule has 236 valence electrons. The van der Waals surface area contributed by atoms with Crippen LogP contribution in [0.3, 0.4) is 0 Å². The van der Waals surface area contributed by atoms with E-state index in [0.717, 1.165) is 54.8 Å². The van der Waals surface area contributed by atoms with Crippen molar-refractivity contribution in [2.45, 2.75) is 182 Å². The predicted octanol–water partition coefficient (Wildman–Crippen LogP) is 11.9. The van der Waals surface area contributed by atoms with Gasteiger partial charge in [0.1, 0.15) is 6.10 Å². The largest absolute Gasteiger partial charge is 0.462 e. The second-order valence-corrected chi connectivity index (χ2v) is 16.2. The first-order valence-electron chi connectivity index (χ1n) is 18.6. The average Bonchev–Trinajstić information content (AvgIpc) is 3.29. The van der Waals surface area contributed by atoms with Crippen molar-refractivity contribution in [1.29, 1.82) is 0 Å². The lowest BCUT2D eigenvalue weighted by Gasteiger charge is -2.58. The van der Waals surface area contributed by atoms with Crippen LogP contribution in [0.2, 0.25) is 0 Å². The smallest absolute Gasteiger partial charge is 0.306 e. The van der Waals surface area contributed by atoms with Gasteiger partial charge in [-0.1, -0.05) is 124 Å². The van der Waals surface area contributed by atoms with Crippen LogP contribution in [-0.4, -0.2) is 12.1 Å². The second-order valence-electron chi connectivity index (χ2n) is 16.2. The molecule has 0 unspecified atom stereocenters. The molecule has 0 heterocycles. The summed E-state index contributed by atoms with van der Waals surface area (Å²) >= 11 is 0. The highest BCUT2D eigenvalue weighted by Gasteiger charge is 2.59. The Bertz CT molecular complexity index is 843. The van der Waals surface area contributed by atoms with Gasteiger partial charge in [0.15, 0.2) is 0 Å². The van der Waals surface area contributed by atoms with Gasteiger partial charge >= 0.3 is 5.97 Å². The Labute approximate surface area is 255 Å². The maximum Gasteiger partial charge on any atom is 0.306 e. The molecule has 0 aromatic rings. The molecule has 4 aliphatic carbocycles. The summed E-state index contributed by atoms with van der Waals surface area (Å²) in [6, 6.07) is 0. The van der Waals surface area contributed by atoms with E-state index in [9.17, 15) is 4.79 Å². The number of hydrogen-bond acceptors (Lipinski definition) is 2. The summed E-state index contributed by atoms with van der Waals surface area (Å²) in [5, 5.41) is 0. The minimum atomic E-state index is 0.0591. The van der Waals surface area contributed by atoms with Gasteiger partial charge < -0.3 is 4.74 Å². The first kappa shape index (κ1) is 33.1. The highest BCUT2D eigenvalue weighted by molar-refractivity contribution is 5.69. The molecule has 0 saturated heterocycles. The van der Waals surface area contributed by atoms with Crippen LogP contribution in [0.15, 0.2) is 11.6 Å². The van der Waals surface area contributed by atoms with Gasteiger partial charge in [-0.2, -0.15) is 0 Å². The van der Waals surface area contributed by atoms with Crippen LogP contribution < -0.4 is 0 Å². The van der Waals surface area contributed by atoms with Gasteiger partial charge in [0.25, 0.3) is 0 Å². The van der Waals surface area contributed by atoms with Crippen molar-refractivity contribution in [3.05, 3.63) is 11.6 Å². The van der Waals surface area contributed by atoms with Crippen LogP contribution in [0.4, 0.5) is 0 Å². The fraction of sp³-hybridized carbons (Fsp3) is 0.923. The summed E-state index contributed by atoms with van der Waals surface area (Å²) < 4.78 is 6.09. The van der Waals surface area contributed by atoms with Crippen LogP contribution in [0.1, 0.15) is 176 Å². The van der Waals surface area contributed by atoms with E-state index in [0.29, 0.717) is 17.3 Å². The zero-order valence-corrected chi connectivity index (χ0v) is 28.3. The van der Waals surface area contributed by atoms with Crippen molar-refractivity contribution in [3.8, 4) is 0 Å². The van der Waals surface area contributed by atoms with Gasteiger partial charge in [-0.05, 0) is 97.7 Å². The van der Waals surface area contributed by atoms with Gasteiger partial charge in [0, 0.05) is 12.8 Å². The van der Waals surface area contributed by atoms with E-state index in [1.807, 2.05) is 0 Å². The number of allylic oxidation sites excluding steroid dienone is 1. The third-order valence-electron chi connectivity index (χ3n) is 13.0. The summed E-state index contributed by atoms with van der Waals surface area (Å²) in [4.78, 5) is 12.7. The van der Waals surface area contributed by atoms with Gasteiger partial charge in [-0.3, -0.25) is 4.79 Å². The van der Waals surface area contributed by atoms with Gasteiger partial charge in [0.05, 0.1) is 0 Å². The molecular formula is C39H68O2. The number of unbranched alkanes of at least 4 members (excludes halogenated alkanes) is 8. The van der Waals surface area contributed by atoms with E-state index in [4.69, 9.17) is 4.74 Å². The number of esters is 1. The first-order valence-corrected chi connectivity index (χ1v) is 18.6. The Kier molecular flexibility index (Phi) is 12.3. The SMILES string of the molecule is CCCCCCCCCCCC(=O)O[C@H]1CC[C@@]2(C)C(=CC[C@H]3[C@@H]4CC[C@H]([C@@H](C)CCCC(C)C)[C@@]4(C)CC[C@@H]32)C1. The standard InChI is InChI=1S/C39H68O2/c1-7-8-9-10-11-12-13-14-15-19-37(40)41-32-24-26-38(5)31(28-32)20-21-33-35-23-22-34(30(4)18-16-17-29(2)3)39(35,6)27-25-36(33)38/h20,29-30,32-36H,7-19,21-28H2,1-6H3/t30-,32-,33-,34+,35-,36-,38-,39+/m0/s1. The molecule has 3 saturated carbocycles. The molecule has 0 N–H and O–H groups in total. The van der Waals surface area contributed by atoms with Crippen molar-refractivity contribution in [2.75, 3.05) is 0 Å². The summed E-state index contributed by atoms with van der Waals surface area (Å²) in [6.45, 7) is 14.9. The Morgan fingerprint density at radius 3 is 2.27 bits per heavy atom. The monoisotopic (exact) mass is 569 g/mol. The molecule has 0 aromatic carbocycles. The van der Waals surface area contributed by atoms with E-state index in [2.05, 4.69) is 47.6 Å². The third kappa shape index (κ3) is 8.03. The molecule has 0 aliphatic heterocycles. The third-order valence-corrected chi connectivity index (χ3v) is 13.0. The fourth-order valence-electron chi connectivity index (χ4n) is 10.6. The molecule has 8 atom stereocenters. The summed E-state index contributed by atoms with van der Waals surface area (Å²) in [6.07, 6.45) is 29.6. The first-order chi connectivity index (χ1) is 19.7. The summed E-state index contributed by atoms with van der Waals surface area (Å²) in [5.74, 6) is 5.34. The number of ether oxygens (including phenoxy) is 1. The molecule has 2 nitrogen and oxygen atoms in total. The summed E-state index contributed by atoms with van der Waals surface area (Å²) in [5.41, 5.74) is 2.54. The van der Waals surface area contributed by atoms with Crippen LogP contribution >= 0.6 is 0 Å². The molecule has 0 aromatic heterocycles. The average molecular weight is 569 g/mol. The maximum atomic E-state index is 12.7. The molecule has 41 heavy (non-hydrogen) atoms. The number of carbonyl (C=O) groups excluding carboxylic acids is 1. The zero-order chi connectivity index (χ0) is 29.5. The van der Waals surface area contributed by atoms with Crippen LogP contribution in [0, 0.1) is 46.3 Å². The second kappa shape index (κ2) is 15.3. The minimum Gasteiger partial charge on any atom is -0.462 e. The molecule has 0 radical (unpaired) electrons. The molecule has 0 amide bonds.